The molecule has 16 heavy (non-hydrogen) atoms. The maximum absolute atomic E-state index is 3.52. The van der Waals surface area contributed by atoms with Crippen molar-refractivity contribution in [1.29, 1.82) is 0 Å². The molecular formula is C14H22BrN. The molecule has 90 valence electrons. The van der Waals surface area contributed by atoms with Crippen LogP contribution >= 0.6 is 15.9 Å². The number of halogens is 1. The first-order valence-corrected chi connectivity index (χ1v) is 6.99. The van der Waals surface area contributed by atoms with Gasteiger partial charge in [-0.2, -0.15) is 0 Å². The highest BCUT2D eigenvalue weighted by atomic mass is 79.9. The van der Waals surface area contributed by atoms with E-state index >= 15 is 0 Å². The summed E-state index contributed by atoms with van der Waals surface area (Å²) in [7, 11) is 0. The number of unbranched alkanes of at least 4 members (excludes halogenated alkanes) is 3. The molecule has 0 heterocycles. The van der Waals surface area contributed by atoms with Crippen molar-refractivity contribution in [3.05, 3.63) is 33.8 Å². The third-order valence-corrected chi connectivity index (χ3v) is 3.65. The minimum atomic E-state index is 0.986. The largest absolute Gasteiger partial charge is 0.313 e. The average Bonchev–Trinajstić information content (AvgIpc) is 2.28. The lowest BCUT2D eigenvalue weighted by atomic mass is 10.1. The van der Waals surface area contributed by atoms with E-state index < -0.39 is 0 Å². The minimum Gasteiger partial charge on any atom is -0.313 e. The summed E-state index contributed by atoms with van der Waals surface area (Å²) in [6, 6.07) is 6.54. The van der Waals surface area contributed by atoms with Crippen LogP contribution in [-0.4, -0.2) is 6.54 Å². The molecule has 0 unspecified atom stereocenters. The smallest absolute Gasteiger partial charge is 0.0205 e. The highest BCUT2D eigenvalue weighted by Crippen LogP contribution is 2.16. The summed E-state index contributed by atoms with van der Waals surface area (Å²) in [5.74, 6) is 0. The Morgan fingerprint density at radius 2 is 2.00 bits per heavy atom. The molecule has 2 heteroatoms. The molecule has 1 nitrogen and oxygen atoms in total. The molecule has 1 N–H and O–H groups in total. The van der Waals surface area contributed by atoms with Gasteiger partial charge in [0, 0.05) is 11.0 Å². The standard InChI is InChI=1S/C14H22BrN/c1-3-4-5-6-9-16-11-13-7-8-14(15)12(2)10-13/h7-8,10,16H,3-6,9,11H2,1-2H3. The van der Waals surface area contributed by atoms with Gasteiger partial charge in [-0.3, -0.25) is 0 Å². The fourth-order valence-corrected chi connectivity index (χ4v) is 1.97. The van der Waals surface area contributed by atoms with Crippen molar-refractivity contribution < 1.29 is 0 Å². The van der Waals surface area contributed by atoms with Crippen LogP contribution in [0.4, 0.5) is 0 Å². The zero-order valence-electron chi connectivity index (χ0n) is 10.4. The van der Waals surface area contributed by atoms with Gasteiger partial charge >= 0.3 is 0 Å². The molecule has 1 aromatic carbocycles. The monoisotopic (exact) mass is 283 g/mol. The molecule has 0 atom stereocenters. The van der Waals surface area contributed by atoms with Gasteiger partial charge in [-0.25, -0.2) is 0 Å². The van der Waals surface area contributed by atoms with E-state index in [0.717, 1.165) is 13.1 Å². The summed E-state index contributed by atoms with van der Waals surface area (Å²) in [5.41, 5.74) is 2.68. The number of nitrogens with one attached hydrogen (secondary N) is 1. The molecule has 1 rings (SSSR count). The number of rotatable bonds is 7. The maximum atomic E-state index is 3.52. The Bertz CT molecular complexity index is 310. The summed E-state index contributed by atoms with van der Waals surface area (Å²) >= 11 is 3.52. The first-order chi connectivity index (χ1) is 7.74. The van der Waals surface area contributed by atoms with Crippen molar-refractivity contribution in [3.8, 4) is 0 Å². The van der Waals surface area contributed by atoms with Gasteiger partial charge in [0.15, 0.2) is 0 Å². The van der Waals surface area contributed by atoms with Crippen LogP contribution in [-0.2, 0) is 6.54 Å². The zero-order valence-corrected chi connectivity index (χ0v) is 11.9. The summed E-state index contributed by atoms with van der Waals surface area (Å²) in [4.78, 5) is 0. The maximum Gasteiger partial charge on any atom is 0.0205 e. The predicted octanol–water partition coefficient (Wildman–Crippen LogP) is 4.43. The molecule has 0 spiro atoms. The lowest BCUT2D eigenvalue weighted by molar-refractivity contribution is 0.598. The van der Waals surface area contributed by atoms with E-state index in [-0.39, 0.29) is 0 Å². The lowest BCUT2D eigenvalue weighted by Gasteiger charge is -2.06. The van der Waals surface area contributed by atoms with Crippen molar-refractivity contribution in [2.75, 3.05) is 6.54 Å². The van der Waals surface area contributed by atoms with E-state index in [9.17, 15) is 0 Å². The van der Waals surface area contributed by atoms with E-state index in [0.29, 0.717) is 0 Å². The third-order valence-electron chi connectivity index (χ3n) is 2.76. The quantitative estimate of drug-likeness (QED) is 0.730. The second-order valence-corrected chi connectivity index (χ2v) is 5.18. The van der Waals surface area contributed by atoms with Crippen LogP contribution in [0.25, 0.3) is 0 Å². The second-order valence-electron chi connectivity index (χ2n) is 4.32. The summed E-state index contributed by atoms with van der Waals surface area (Å²) in [6.45, 7) is 6.50. The predicted molar refractivity (Wildman–Crippen MR) is 74.7 cm³/mol. The second kappa shape index (κ2) is 7.86. The molecule has 0 saturated heterocycles. The number of hydrogen-bond acceptors (Lipinski definition) is 1. The van der Waals surface area contributed by atoms with Crippen LogP contribution in [0.1, 0.15) is 43.7 Å². The molecule has 0 amide bonds. The van der Waals surface area contributed by atoms with E-state index in [1.54, 1.807) is 0 Å². The van der Waals surface area contributed by atoms with E-state index in [4.69, 9.17) is 0 Å². The van der Waals surface area contributed by atoms with E-state index in [2.05, 4.69) is 53.3 Å². The fraction of sp³-hybridized carbons (Fsp3) is 0.571. The third kappa shape index (κ3) is 5.13. The Hall–Kier alpha value is -0.340. The average molecular weight is 284 g/mol. The highest BCUT2D eigenvalue weighted by molar-refractivity contribution is 9.10. The van der Waals surface area contributed by atoms with Crippen molar-refractivity contribution in [2.24, 2.45) is 0 Å². The molecule has 1 aromatic rings. The lowest BCUT2D eigenvalue weighted by Crippen LogP contribution is -2.14. The topological polar surface area (TPSA) is 12.0 Å². The molecule has 0 bridgehead atoms. The molecular weight excluding hydrogens is 262 g/mol. The number of hydrogen-bond donors (Lipinski definition) is 1. The molecule has 0 aliphatic carbocycles. The van der Waals surface area contributed by atoms with Crippen molar-refractivity contribution in [1.82, 2.24) is 5.32 Å². The van der Waals surface area contributed by atoms with Crippen LogP contribution in [0, 0.1) is 6.92 Å². The fourth-order valence-electron chi connectivity index (χ4n) is 1.73. The van der Waals surface area contributed by atoms with Gasteiger partial charge in [0.25, 0.3) is 0 Å². The Morgan fingerprint density at radius 3 is 2.69 bits per heavy atom. The minimum absolute atomic E-state index is 0.986. The first kappa shape index (κ1) is 13.7. The summed E-state index contributed by atoms with van der Waals surface area (Å²) in [5, 5.41) is 3.49. The van der Waals surface area contributed by atoms with Gasteiger partial charge in [0.1, 0.15) is 0 Å². The van der Waals surface area contributed by atoms with Crippen molar-refractivity contribution in [3.63, 3.8) is 0 Å². The van der Waals surface area contributed by atoms with Crippen LogP contribution in [0.5, 0.6) is 0 Å². The molecule has 0 radical (unpaired) electrons. The van der Waals surface area contributed by atoms with Crippen LogP contribution in [0.15, 0.2) is 22.7 Å². The number of benzene rings is 1. The number of aryl methyl sites for hydroxylation is 1. The van der Waals surface area contributed by atoms with Gasteiger partial charge in [-0.05, 0) is 37.1 Å². The van der Waals surface area contributed by atoms with Gasteiger partial charge in [-0.1, -0.05) is 54.2 Å². The molecule has 0 fully saturated rings. The summed E-state index contributed by atoms with van der Waals surface area (Å²) < 4.78 is 1.19. The van der Waals surface area contributed by atoms with Crippen LogP contribution in [0.3, 0.4) is 0 Å². The molecule has 0 aromatic heterocycles. The first-order valence-electron chi connectivity index (χ1n) is 6.19. The Labute approximate surface area is 108 Å². The van der Waals surface area contributed by atoms with Gasteiger partial charge in [0.05, 0.1) is 0 Å². The van der Waals surface area contributed by atoms with E-state index in [1.807, 2.05) is 0 Å². The van der Waals surface area contributed by atoms with Gasteiger partial charge < -0.3 is 5.32 Å². The van der Waals surface area contributed by atoms with Crippen molar-refractivity contribution in [2.45, 2.75) is 46.1 Å². The Morgan fingerprint density at radius 1 is 1.19 bits per heavy atom. The Balaban J connectivity index is 2.19. The molecule has 0 aliphatic heterocycles. The zero-order chi connectivity index (χ0) is 11.8. The van der Waals surface area contributed by atoms with Gasteiger partial charge in [-0.15, -0.1) is 0 Å². The summed E-state index contributed by atoms with van der Waals surface area (Å²) in [6.07, 6.45) is 5.32. The van der Waals surface area contributed by atoms with Crippen LogP contribution in [0.2, 0.25) is 0 Å². The van der Waals surface area contributed by atoms with Crippen LogP contribution < -0.4 is 5.32 Å². The molecule has 0 aliphatic rings. The normalized spacial score (nSPS) is 10.7. The van der Waals surface area contributed by atoms with Crippen molar-refractivity contribution >= 4 is 15.9 Å². The SMILES string of the molecule is CCCCCCNCc1ccc(Br)c(C)c1. The van der Waals surface area contributed by atoms with Gasteiger partial charge in [0.2, 0.25) is 0 Å². The highest BCUT2D eigenvalue weighted by Gasteiger charge is 1.97. The van der Waals surface area contributed by atoms with E-state index in [1.165, 1.54) is 41.3 Å². The molecule has 0 saturated carbocycles. The Kier molecular flexibility index (Phi) is 6.74.